The Balaban J connectivity index is 1.75. The first-order valence-corrected chi connectivity index (χ1v) is 7.81. The molecule has 0 fully saturated rings. The fourth-order valence-corrected chi connectivity index (χ4v) is 3.99. The smallest absolute Gasteiger partial charge is 0.0782 e. The maximum Gasteiger partial charge on any atom is 0.0782 e. The van der Waals surface area contributed by atoms with E-state index in [1.165, 1.54) is 41.7 Å². The number of nitrogens with one attached hydrogen (secondary N) is 1. The quantitative estimate of drug-likeness (QED) is 0.837. The number of aryl methyl sites for hydroxylation is 1. The first kappa shape index (κ1) is 11.2. The number of nitrogens with zero attached hydrogens (tertiary/aromatic N) is 1. The molecule has 0 spiro atoms. The molecule has 0 saturated carbocycles. The minimum atomic E-state index is 0.368. The van der Waals surface area contributed by atoms with E-state index in [1.54, 1.807) is 11.3 Å². The molecule has 2 aromatic rings. The van der Waals surface area contributed by atoms with Crippen LogP contribution in [0.1, 0.15) is 35.6 Å². The molecule has 0 bridgehead atoms. The van der Waals surface area contributed by atoms with E-state index >= 15 is 0 Å². The van der Waals surface area contributed by atoms with Crippen LogP contribution in [0, 0.1) is 5.92 Å². The summed E-state index contributed by atoms with van der Waals surface area (Å²) in [5.74, 6) is 0.526. The Morgan fingerprint density at radius 1 is 1.21 bits per heavy atom. The van der Waals surface area contributed by atoms with E-state index in [1.807, 2.05) is 0 Å². The molecule has 2 aliphatic rings. The van der Waals surface area contributed by atoms with Crippen molar-refractivity contribution in [1.29, 1.82) is 0 Å². The van der Waals surface area contributed by atoms with Gasteiger partial charge < -0.3 is 5.43 Å². The molecule has 1 aliphatic carbocycles. The highest BCUT2D eigenvalue weighted by Gasteiger charge is 2.35. The second-order valence-corrected chi connectivity index (χ2v) is 6.10. The lowest BCUT2D eigenvalue weighted by Gasteiger charge is -2.18. The Hall–Kier alpha value is -1.61. The van der Waals surface area contributed by atoms with E-state index in [2.05, 4.69) is 51.6 Å². The second-order valence-electron chi connectivity index (χ2n) is 5.32. The third kappa shape index (κ3) is 1.80. The van der Waals surface area contributed by atoms with Crippen LogP contribution in [-0.2, 0) is 6.42 Å². The average molecular weight is 268 g/mol. The zero-order valence-electron chi connectivity index (χ0n) is 10.7. The van der Waals surface area contributed by atoms with Gasteiger partial charge in [-0.25, -0.2) is 0 Å². The molecule has 1 aliphatic heterocycles. The predicted octanol–water partition coefficient (Wildman–Crippen LogP) is 3.75. The van der Waals surface area contributed by atoms with Crippen LogP contribution in [0.2, 0.25) is 0 Å². The Morgan fingerprint density at radius 3 is 3.05 bits per heavy atom. The minimum absolute atomic E-state index is 0.368. The monoisotopic (exact) mass is 268 g/mol. The van der Waals surface area contributed by atoms with E-state index in [9.17, 15) is 0 Å². The van der Waals surface area contributed by atoms with Gasteiger partial charge in [0.25, 0.3) is 0 Å². The van der Waals surface area contributed by atoms with E-state index < -0.39 is 0 Å². The molecule has 4 rings (SSSR count). The maximum atomic E-state index is 4.67. The molecule has 19 heavy (non-hydrogen) atoms. The molecule has 1 N–H and O–H groups in total. The largest absolute Gasteiger partial charge is 0.302 e. The Morgan fingerprint density at radius 2 is 2.16 bits per heavy atom. The van der Waals surface area contributed by atoms with Gasteiger partial charge in [0.2, 0.25) is 0 Å². The SMILES string of the molecule is c1ccc2c(c1)CCCC1C2=NNC1c1ccsc1. The number of rotatable bonds is 1. The molecule has 0 saturated heterocycles. The van der Waals surface area contributed by atoms with Crippen molar-refractivity contribution in [3.63, 3.8) is 0 Å². The lowest BCUT2D eigenvalue weighted by atomic mass is 9.87. The molecule has 3 heteroatoms. The van der Waals surface area contributed by atoms with Crippen molar-refractivity contribution in [3.05, 3.63) is 57.8 Å². The van der Waals surface area contributed by atoms with Crippen LogP contribution in [0.5, 0.6) is 0 Å². The van der Waals surface area contributed by atoms with Crippen LogP contribution < -0.4 is 5.43 Å². The first-order valence-electron chi connectivity index (χ1n) is 6.87. The van der Waals surface area contributed by atoms with Crippen LogP contribution in [0.4, 0.5) is 0 Å². The van der Waals surface area contributed by atoms with Gasteiger partial charge in [0, 0.05) is 11.5 Å². The van der Waals surface area contributed by atoms with E-state index in [0.29, 0.717) is 12.0 Å². The summed E-state index contributed by atoms with van der Waals surface area (Å²) in [5, 5.41) is 9.06. The highest BCUT2D eigenvalue weighted by atomic mass is 32.1. The number of benzene rings is 1. The summed E-state index contributed by atoms with van der Waals surface area (Å²) in [6.07, 6.45) is 3.66. The lowest BCUT2D eigenvalue weighted by Crippen LogP contribution is -2.21. The molecule has 2 heterocycles. The van der Waals surface area contributed by atoms with E-state index in [0.717, 1.165) is 0 Å². The van der Waals surface area contributed by atoms with E-state index in [4.69, 9.17) is 0 Å². The van der Waals surface area contributed by atoms with Crippen LogP contribution in [0.3, 0.4) is 0 Å². The van der Waals surface area contributed by atoms with Crippen LogP contribution in [0.25, 0.3) is 0 Å². The van der Waals surface area contributed by atoms with Gasteiger partial charge in [0.15, 0.2) is 0 Å². The van der Waals surface area contributed by atoms with E-state index in [-0.39, 0.29) is 0 Å². The van der Waals surface area contributed by atoms with Crippen molar-refractivity contribution >= 4 is 17.0 Å². The molecular weight excluding hydrogens is 252 g/mol. The molecule has 2 nitrogen and oxygen atoms in total. The van der Waals surface area contributed by atoms with Crippen LogP contribution in [-0.4, -0.2) is 5.71 Å². The van der Waals surface area contributed by atoms with Crippen molar-refractivity contribution < 1.29 is 0 Å². The summed E-state index contributed by atoms with van der Waals surface area (Å²) >= 11 is 1.77. The summed E-state index contributed by atoms with van der Waals surface area (Å²) in [6.45, 7) is 0. The number of fused-ring (bicyclic) bond motifs is 3. The van der Waals surface area contributed by atoms with Gasteiger partial charge >= 0.3 is 0 Å². The average Bonchev–Trinajstić information content (AvgIpc) is 3.05. The zero-order valence-corrected chi connectivity index (χ0v) is 11.5. The summed E-state index contributed by atoms with van der Waals surface area (Å²) in [7, 11) is 0. The summed E-state index contributed by atoms with van der Waals surface area (Å²) in [4.78, 5) is 0. The third-order valence-corrected chi connectivity index (χ3v) is 4.94. The highest BCUT2D eigenvalue weighted by molar-refractivity contribution is 7.08. The molecule has 96 valence electrons. The van der Waals surface area contributed by atoms with Crippen molar-refractivity contribution in [2.24, 2.45) is 11.0 Å². The Bertz CT molecular complexity index is 615. The predicted molar refractivity (Wildman–Crippen MR) is 79.6 cm³/mol. The Kier molecular flexibility index (Phi) is 2.66. The number of hydrazone groups is 1. The second kappa shape index (κ2) is 4.49. The molecule has 0 radical (unpaired) electrons. The molecule has 1 aromatic carbocycles. The van der Waals surface area contributed by atoms with Crippen molar-refractivity contribution in [2.75, 3.05) is 0 Å². The molecular formula is C16H16N2S. The molecule has 2 unspecified atom stereocenters. The van der Waals surface area contributed by atoms with Crippen molar-refractivity contribution in [1.82, 2.24) is 5.43 Å². The van der Waals surface area contributed by atoms with Crippen molar-refractivity contribution in [2.45, 2.75) is 25.3 Å². The number of thiophene rings is 1. The van der Waals surface area contributed by atoms with Crippen molar-refractivity contribution in [3.8, 4) is 0 Å². The summed E-state index contributed by atoms with van der Waals surface area (Å²) < 4.78 is 0. The van der Waals surface area contributed by atoms with Crippen LogP contribution >= 0.6 is 11.3 Å². The standard InChI is InChI=1S/C16H16N2S/c1-2-6-13-11(4-1)5-3-7-14-15(17-18-16(13)14)12-8-9-19-10-12/h1-2,4,6,8-10,14-15,17H,3,5,7H2. The summed E-state index contributed by atoms with van der Waals surface area (Å²) in [6, 6.07) is 11.3. The third-order valence-electron chi connectivity index (χ3n) is 4.23. The van der Waals surface area contributed by atoms with Gasteiger partial charge in [-0.3, -0.25) is 0 Å². The van der Waals surface area contributed by atoms with Gasteiger partial charge in [-0.15, -0.1) is 0 Å². The molecule has 2 atom stereocenters. The van der Waals surface area contributed by atoms with Gasteiger partial charge in [-0.2, -0.15) is 16.4 Å². The molecule has 1 aromatic heterocycles. The maximum absolute atomic E-state index is 4.67. The number of hydrogen-bond donors (Lipinski definition) is 1. The van der Waals surface area contributed by atoms with Gasteiger partial charge in [0.05, 0.1) is 11.8 Å². The first-order chi connectivity index (χ1) is 9.43. The molecule has 0 amide bonds. The zero-order chi connectivity index (χ0) is 12.7. The van der Waals surface area contributed by atoms with Gasteiger partial charge in [0.1, 0.15) is 0 Å². The fourth-order valence-electron chi connectivity index (χ4n) is 3.29. The number of hydrogen-bond acceptors (Lipinski definition) is 3. The van der Waals surface area contributed by atoms with Crippen LogP contribution in [0.15, 0.2) is 46.2 Å². The fraction of sp³-hybridized carbons (Fsp3) is 0.312. The minimum Gasteiger partial charge on any atom is -0.302 e. The van der Waals surface area contributed by atoms with Gasteiger partial charge in [-0.1, -0.05) is 24.3 Å². The van der Waals surface area contributed by atoms with Gasteiger partial charge in [-0.05, 0) is 47.2 Å². The Labute approximate surface area is 117 Å². The lowest BCUT2D eigenvalue weighted by molar-refractivity contribution is 0.464. The summed E-state index contributed by atoms with van der Waals surface area (Å²) in [5.41, 5.74) is 8.83. The topological polar surface area (TPSA) is 24.4 Å². The highest BCUT2D eigenvalue weighted by Crippen LogP contribution is 2.37. The normalized spacial score (nSPS) is 24.9.